The van der Waals surface area contributed by atoms with Crippen molar-refractivity contribution in [2.24, 2.45) is 0 Å². The minimum absolute atomic E-state index is 0.457. The van der Waals surface area contributed by atoms with Crippen LogP contribution >= 0.6 is 31.9 Å². The summed E-state index contributed by atoms with van der Waals surface area (Å²) in [5, 5.41) is 0.781. The van der Waals surface area contributed by atoms with Crippen LogP contribution in [0.1, 0.15) is 5.56 Å². The number of methoxy groups -OCH3 is 1. The van der Waals surface area contributed by atoms with Crippen molar-refractivity contribution in [2.75, 3.05) is 20.3 Å². The molecular weight excluding hydrogens is 400 g/mol. The molecule has 0 aliphatic carbocycles. The van der Waals surface area contributed by atoms with E-state index in [0.717, 1.165) is 32.6 Å². The molecule has 0 saturated carbocycles. The molecule has 0 saturated heterocycles. The molecule has 0 unspecified atom stereocenters. The van der Waals surface area contributed by atoms with Crippen molar-refractivity contribution in [1.29, 1.82) is 0 Å². The Kier molecular flexibility index (Phi) is 6.39. The quantitative estimate of drug-likeness (QED) is 0.479. The average molecular weight is 416 g/mol. The van der Waals surface area contributed by atoms with Crippen molar-refractivity contribution < 1.29 is 14.2 Å². The van der Waals surface area contributed by atoms with Crippen LogP contribution in [0, 0.1) is 0 Å². The number of benzene rings is 2. The number of alkyl halides is 1. The summed E-state index contributed by atoms with van der Waals surface area (Å²) >= 11 is 6.82. The standard InChI is InChI=1S/C16H16Br2O3/c1-19-15-7-2-12(11-17)10-16(15)21-9-8-20-14-5-3-13(18)4-6-14/h2-7,10H,8-9,11H2,1H3. The first-order valence-electron chi connectivity index (χ1n) is 6.47. The second-order valence-corrected chi connectivity index (χ2v) is 5.75. The lowest BCUT2D eigenvalue weighted by Gasteiger charge is -2.12. The molecule has 0 aliphatic rings. The van der Waals surface area contributed by atoms with Gasteiger partial charge in [-0.15, -0.1) is 0 Å². The Labute approximate surface area is 141 Å². The highest BCUT2D eigenvalue weighted by atomic mass is 79.9. The Morgan fingerprint density at radius 1 is 0.905 bits per heavy atom. The second kappa shape index (κ2) is 8.29. The third-order valence-electron chi connectivity index (χ3n) is 2.81. The molecule has 2 aromatic carbocycles. The highest BCUT2D eigenvalue weighted by molar-refractivity contribution is 9.10. The first-order chi connectivity index (χ1) is 10.2. The van der Waals surface area contributed by atoms with E-state index >= 15 is 0 Å². The van der Waals surface area contributed by atoms with Crippen LogP contribution in [0.3, 0.4) is 0 Å². The fraction of sp³-hybridized carbons (Fsp3) is 0.250. The molecule has 2 aromatic rings. The number of hydrogen-bond donors (Lipinski definition) is 0. The zero-order valence-corrected chi connectivity index (χ0v) is 14.8. The van der Waals surface area contributed by atoms with Gasteiger partial charge in [-0.2, -0.15) is 0 Å². The molecule has 0 bridgehead atoms. The molecule has 0 heterocycles. The van der Waals surface area contributed by atoms with E-state index in [-0.39, 0.29) is 0 Å². The molecule has 0 aromatic heterocycles. The fourth-order valence-electron chi connectivity index (χ4n) is 1.76. The van der Waals surface area contributed by atoms with Gasteiger partial charge in [0, 0.05) is 9.80 Å². The summed E-state index contributed by atoms with van der Waals surface area (Å²) in [6, 6.07) is 13.6. The smallest absolute Gasteiger partial charge is 0.161 e. The van der Waals surface area contributed by atoms with Crippen LogP contribution in [0.4, 0.5) is 0 Å². The van der Waals surface area contributed by atoms with Gasteiger partial charge in [0.25, 0.3) is 0 Å². The fourth-order valence-corrected chi connectivity index (χ4v) is 2.37. The predicted octanol–water partition coefficient (Wildman–Crippen LogP) is 4.81. The van der Waals surface area contributed by atoms with Crippen molar-refractivity contribution in [3.8, 4) is 17.2 Å². The van der Waals surface area contributed by atoms with Crippen LogP contribution in [0.5, 0.6) is 17.2 Å². The summed E-state index contributed by atoms with van der Waals surface area (Å²) in [6.45, 7) is 0.932. The molecule has 0 atom stereocenters. The zero-order chi connectivity index (χ0) is 15.1. The molecule has 21 heavy (non-hydrogen) atoms. The van der Waals surface area contributed by atoms with E-state index in [1.807, 2.05) is 42.5 Å². The highest BCUT2D eigenvalue weighted by Crippen LogP contribution is 2.28. The van der Waals surface area contributed by atoms with Crippen molar-refractivity contribution in [1.82, 2.24) is 0 Å². The van der Waals surface area contributed by atoms with Gasteiger partial charge in [-0.1, -0.05) is 37.9 Å². The summed E-state index contributed by atoms with van der Waals surface area (Å²) < 4.78 is 17.7. The Bertz CT molecular complexity index is 570. The monoisotopic (exact) mass is 414 g/mol. The third kappa shape index (κ3) is 4.93. The molecule has 0 spiro atoms. The maximum atomic E-state index is 5.74. The minimum Gasteiger partial charge on any atom is -0.493 e. The van der Waals surface area contributed by atoms with E-state index in [1.165, 1.54) is 0 Å². The lowest BCUT2D eigenvalue weighted by Crippen LogP contribution is -2.09. The Morgan fingerprint density at radius 3 is 2.29 bits per heavy atom. The van der Waals surface area contributed by atoms with E-state index in [9.17, 15) is 0 Å². The Hall–Kier alpha value is -1.20. The summed E-state index contributed by atoms with van der Waals surface area (Å²) in [7, 11) is 1.63. The third-order valence-corrected chi connectivity index (χ3v) is 3.98. The SMILES string of the molecule is COc1ccc(CBr)cc1OCCOc1ccc(Br)cc1. The van der Waals surface area contributed by atoms with E-state index in [1.54, 1.807) is 7.11 Å². The molecule has 0 fully saturated rings. The van der Waals surface area contributed by atoms with Gasteiger partial charge >= 0.3 is 0 Å². The summed E-state index contributed by atoms with van der Waals surface area (Å²) in [6.07, 6.45) is 0. The largest absolute Gasteiger partial charge is 0.493 e. The zero-order valence-electron chi connectivity index (χ0n) is 11.6. The van der Waals surface area contributed by atoms with Crippen molar-refractivity contribution >= 4 is 31.9 Å². The van der Waals surface area contributed by atoms with Crippen LogP contribution in [0.25, 0.3) is 0 Å². The highest BCUT2D eigenvalue weighted by Gasteiger charge is 2.05. The van der Waals surface area contributed by atoms with Gasteiger partial charge < -0.3 is 14.2 Å². The van der Waals surface area contributed by atoms with E-state index in [4.69, 9.17) is 14.2 Å². The molecule has 0 aliphatic heterocycles. The number of hydrogen-bond acceptors (Lipinski definition) is 3. The summed E-state index contributed by atoms with van der Waals surface area (Å²) in [4.78, 5) is 0. The molecule has 5 heteroatoms. The van der Waals surface area contributed by atoms with E-state index in [0.29, 0.717) is 13.2 Å². The topological polar surface area (TPSA) is 27.7 Å². The van der Waals surface area contributed by atoms with E-state index in [2.05, 4.69) is 31.9 Å². The van der Waals surface area contributed by atoms with Crippen LogP contribution in [-0.2, 0) is 5.33 Å². The first kappa shape index (κ1) is 16.2. The van der Waals surface area contributed by atoms with Crippen LogP contribution in [-0.4, -0.2) is 20.3 Å². The van der Waals surface area contributed by atoms with Gasteiger partial charge in [0.2, 0.25) is 0 Å². The number of halogens is 2. The molecule has 112 valence electrons. The number of rotatable bonds is 7. The van der Waals surface area contributed by atoms with Crippen molar-refractivity contribution in [3.63, 3.8) is 0 Å². The lowest BCUT2D eigenvalue weighted by molar-refractivity contribution is 0.211. The van der Waals surface area contributed by atoms with Gasteiger partial charge in [-0.25, -0.2) is 0 Å². The Balaban J connectivity index is 1.86. The number of ether oxygens (including phenoxy) is 3. The maximum Gasteiger partial charge on any atom is 0.161 e. The Morgan fingerprint density at radius 2 is 1.62 bits per heavy atom. The van der Waals surface area contributed by atoms with Gasteiger partial charge in [0.05, 0.1) is 7.11 Å². The van der Waals surface area contributed by atoms with Crippen LogP contribution in [0.15, 0.2) is 46.9 Å². The molecule has 2 rings (SSSR count). The predicted molar refractivity (Wildman–Crippen MR) is 90.8 cm³/mol. The molecule has 0 N–H and O–H groups in total. The lowest BCUT2D eigenvalue weighted by atomic mass is 10.2. The molecular formula is C16H16Br2O3. The minimum atomic E-state index is 0.457. The summed E-state index contributed by atoms with van der Waals surface area (Å²) in [5.74, 6) is 2.28. The van der Waals surface area contributed by atoms with Gasteiger partial charge in [0.15, 0.2) is 11.5 Å². The maximum absolute atomic E-state index is 5.74. The average Bonchev–Trinajstić information content (AvgIpc) is 2.53. The van der Waals surface area contributed by atoms with Gasteiger partial charge in [0.1, 0.15) is 19.0 Å². The molecule has 0 radical (unpaired) electrons. The summed E-state index contributed by atoms with van der Waals surface area (Å²) in [5.41, 5.74) is 1.14. The normalized spacial score (nSPS) is 10.2. The van der Waals surface area contributed by atoms with Crippen LogP contribution in [0.2, 0.25) is 0 Å². The van der Waals surface area contributed by atoms with E-state index < -0.39 is 0 Å². The van der Waals surface area contributed by atoms with Gasteiger partial charge in [-0.3, -0.25) is 0 Å². The van der Waals surface area contributed by atoms with Crippen molar-refractivity contribution in [2.45, 2.75) is 5.33 Å². The van der Waals surface area contributed by atoms with Crippen LogP contribution < -0.4 is 14.2 Å². The second-order valence-electron chi connectivity index (χ2n) is 4.27. The van der Waals surface area contributed by atoms with Crippen molar-refractivity contribution in [3.05, 3.63) is 52.5 Å². The first-order valence-corrected chi connectivity index (χ1v) is 8.38. The van der Waals surface area contributed by atoms with Gasteiger partial charge in [-0.05, 0) is 42.0 Å². The molecule has 0 amide bonds. The molecule has 3 nitrogen and oxygen atoms in total.